The van der Waals surface area contributed by atoms with E-state index in [4.69, 9.17) is 4.74 Å². The molecule has 0 saturated heterocycles. The van der Waals surface area contributed by atoms with Gasteiger partial charge in [-0.15, -0.1) is 0 Å². The summed E-state index contributed by atoms with van der Waals surface area (Å²) in [4.78, 5) is 21.9. The van der Waals surface area contributed by atoms with Gasteiger partial charge in [-0.1, -0.05) is 5.92 Å². The zero-order chi connectivity index (χ0) is 12.6. The van der Waals surface area contributed by atoms with Gasteiger partial charge in [-0.05, 0) is 27.7 Å². The van der Waals surface area contributed by atoms with Crippen molar-refractivity contribution in [3.8, 4) is 11.8 Å². The Morgan fingerprint density at radius 3 is 2.44 bits per heavy atom. The van der Waals surface area contributed by atoms with E-state index in [0.717, 1.165) is 0 Å². The van der Waals surface area contributed by atoms with Gasteiger partial charge in [0, 0.05) is 5.92 Å². The average molecular weight is 227 g/mol. The highest BCUT2D eigenvalue weighted by molar-refractivity contribution is 5.88. The third-order valence-electron chi connectivity index (χ3n) is 1.19. The minimum atomic E-state index is -0.603. The lowest BCUT2D eigenvalue weighted by molar-refractivity contribution is -0.136. The van der Waals surface area contributed by atoms with Gasteiger partial charge >= 0.3 is 12.1 Å². The van der Waals surface area contributed by atoms with Crippen molar-refractivity contribution in [3.63, 3.8) is 0 Å². The van der Waals surface area contributed by atoms with Crippen molar-refractivity contribution in [2.24, 2.45) is 0 Å². The van der Waals surface area contributed by atoms with Crippen LogP contribution in [-0.4, -0.2) is 30.8 Å². The number of carbonyl (C=O) groups is 2. The first-order valence-electron chi connectivity index (χ1n) is 4.97. The smallest absolute Gasteiger partial charge is 0.408 e. The standard InChI is InChI=1S/C11H17NO4/c1-5-15-9(13)7-6-8-12-10(14)16-11(2,3)4/h5,8H2,1-4H3,(H,12,14). The van der Waals surface area contributed by atoms with Crippen molar-refractivity contribution in [1.29, 1.82) is 0 Å². The van der Waals surface area contributed by atoms with Crippen LogP contribution in [0.1, 0.15) is 27.7 Å². The van der Waals surface area contributed by atoms with Crippen molar-refractivity contribution < 1.29 is 19.1 Å². The third kappa shape index (κ3) is 8.88. The van der Waals surface area contributed by atoms with Gasteiger partial charge in [0.05, 0.1) is 13.2 Å². The molecule has 0 bridgehead atoms. The highest BCUT2D eigenvalue weighted by Gasteiger charge is 2.14. The Labute approximate surface area is 95.5 Å². The summed E-state index contributed by atoms with van der Waals surface area (Å²) in [5.41, 5.74) is -0.543. The Bertz CT molecular complexity index is 306. The number of rotatable bonds is 2. The molecule has 5 nitrogen and oxygen atoms in total. The molecule has 0 atom stereocenters. The fraction of sp³-hybridized carbons (Fsp3) is 0.636. The van der Waals surface area contributed by atoms with E-state index < -0.39 is 17.7 Å². The summed E-state index contributed by atoms with van der Waals surface area (Å²) in [7, 11) is 0. The fourth-order valence-corrected chi connectivity index (χ4v) is 0.714. The second kappa shape index (κ2) is 6.72. The molecule has 0 spiro atoms. The summed E-state index contributed by atoms with van der Waals surface area (Å²) >= 11 is 0. The molecule has 0 unspecified atom stereocenters. The van der Waals surface area contributed by atoms with Gasteiger partial charge in [-0.2, -0.15) is 0 Å². The summed E-state index contributed by atoms with van der Waals surface area (Å²) in [5, 5.41) is 2.39. The molecule has 0 aliphatic rings. The van der Waals surface area contributed by atoms with E-state index in [0.29, 0.717) is 0 Å². The molecule has 0 aromatic rings. The number of nitrogens with one attached hydrogen (secondary N) is 1. The normalized spacial score (nSPS) is 9.75. The van der Waals surface area contributed by atoms with Crippen LogP contribution in [0.2, 0.25) is 0 Å². The molecule has 0 aromatic carbocycles. The topological polar surface area (TPSA) is 64.6 Å². The van der Waals surface area contributed by atoms with E-state index in [2.05, 4.69) is 21.9 Å². The van der Waals surface area contributed by atoms with Gasteiger partial charge in [0.1, 0.15) is 5.60 Å². The van der Waals surface area contributed by atoms with Crippen LogP contribution in [-0.2, 0) is 14.3 Å². The maximum atomic E-state index is 11.1. The summed E-state index contributed by atoms with van der Waals surface area (Å²) in [6.07, 6.45) is -0.564. The van der Waals surface area contributed by atoms with Crippen molar-refractivity contribution in [3.05, 3.63) is 0 Å². The number of esters is 1. The van der Waals surface area contributed by atoms with Crippen LogP contribution in [0.25, 0.3) is 0 Å². The van der Waals surface area contributed by atoms with Crippen LogP contribution in [0.15, 0.2) is 0 Å². The average Bonchev–Trinajstić information content (AvgIpc) is 2.10. The van der Waals surface area contributed by atoms with Gasteiger partial charge in [0.25, 0.3) is 0 Å². The summed E-state index contributed by atoms with van der Waals surface area (Å²) < 4.78 is 9.53. The molecule has 1 amide bonds. The summed E-state index contributed by atoms with van der Waals surface area (Å²) in [6.45, 7) is 7.31. The third-order valence-corrected chi connectivity index (χ3v) is 1.19. The van der Waals surface area contributed by atoms with Gasteiger partial charge in [0.15, 0.2) is 0 Å². The molecule has 0 rings (SSSR count). The first kappa shape index (κ1) is 14.3. The van der Waals surface area contributed by atoms with Crippen LogP contribution in [0, 0.1) is 11.8 Å². The second-order valence-corrected chi connectivity index (χ2v) is 3.88. The van der Waals surface area contributed by atoms with Gasteiger partial charge in [0.2, 0.25) is 0 Å². The summed E-state index contributed by atoms with van der Waals surface area (Å²) in [5.74, 6) is 4.07. The molecule has 5 heteroatoms. The highest BCUT2D eigenvalue weighted by Crippen LogP contribution is 2.05. The van der Waals surface area contributed by atoms with Crippen LogP contribution in [0.5, 0.6) is 0 Å². The molecule has 0 aliphatic carbocycles. The van der Waals surface area contributed by atoms with Crippen molar-refractivity contribution in [2.45, 2.75) is 33.3 Å². The molecular formula is C11H17NO4. The Morgan fingerprint density at radius 2 is 1.94 bits per heavy atom. The van der Waals surface area contributed by atoms with Crippen molar-refractivity contribution >= 4 is 12.1 Å². The Kier molecular flexibility index (Phi) is 6.01. The zero-order valence-corrected chi connectivity index (χ0v) is 10.0. The second-order valence-electron chi connectivity index (χ2n) is 3.88. The largest absolute Gasteiger partial charge is 0.456 e. The van der Waals surface area contributed by atoms with Crippen molar-refractivity contribution in [2.75, 3.05) is 13.2 Å². The predicted molar refractivity (Wildman–Crippen MR) is 58.6 cm³/mol. The molecule has 16 heavy (non-hydrogen) atoms. The zero-order valence-electron chi connectivity index (χ0n) is 10.0. The minimum absolute atomic E-state index is 0.0493. The molecule has 0 radical (unpaired) electrons. The van der Waals surface area contributed by atoms with Gasteiger partial charge in [-0.3, -0.25) is 0 Å². The lowest BCUT2D eigenvalue weighted by Gasteiger charge is -2.18. The predicted octanol–water partition coefficient (Wildman–Crippen LogP) is 1.08. The van der Waals surface area contributed by atoms with E-state index in [-0.39, 0.29) is 13.2 Å². The minimum Gasteiger partial charge on any atom is -0.456 e. The first-order chi connectivity index (χ1) is 7.35. The van der Waals surface area contributed by atoms with Crippen LogP contribution >= 0.6 is 0 Å². The van der Waals surface area contributed by atoms with E-state index in [1.165, 1.54) is 0 Å². The number of alkyl carbamates (subject to hydrolysis) is 1. The van der Waals surface area contributed by atoms with E-state index >= 15 is 0 Å². The molecule has 0 saturated carbocycles. The number of hydrogen-bond acceptors (Lipinski definition) is 4. The molecular weight excluding hydrogens is 210 g/mol. The van der Waals surface area contributed by atoms with Gasteiger partial charge < -0.3 is 14.8 Å². The molecule has 1 N–H and O–H groups in total. The van der Waals surface area contributed by atoms with Crippen LogP contribution in [0.3, 0.4) is 0 Å². The number of amides is 1. The maximum Gasteiger partial charge on any atom is 0.408 e. The SMILES string of the molecule is CCOC(=O)C#CCNC(=O)OC(C)(C)C. The number of hydrogen-bond donors (Lipinski definition) is 1. The fourth-order valence-electron chi connectivity index (χ4n) is 0.714. The maximum absolute atomic E-state index is 11.1. The van der Waals surface area contributed by atoms with E-state index in [9.17, 15) is 9.59 Å². The highest BCUT2D eigenvalue weighted by atomic mass is 16.6. The molecule has 0 aromatic heterocycles. The van der Waals surface area contributed by atoms with Crippen LogP contribution in [0.4, 0.5) is 4.79 Å². The molecule has 0 aliphatic heterocycles. The quantitative estimate of drug-likeness (QED) is 0.435. The van der Waals surface area contributed by atoms with E-state index in [1.807, 2.05) is 0 Å². The number of carbonyl (C=O) groups excluding carboxylic acids is 2. The Morgan fingerprint density at radius 1 is 1.31 bits per heavy atom. The first-order valence-corrected chi connectivity index (χ1v) is 4.97. The molecule has 0 heterocycles. The lowest BCUT2D eigenvalue weighted by atomic mass is 10.2. The number of ether oxygens (including phenoxy) is 2. The lowest BCUT2D eigenvalue weighted by Crippen LogP contribution is -2.32. The molecule has 0 fully saturated rings. The Balaban J connectivity index is 3.82. The molecule has 90 valence electrons. The van der Waals surface area contributed by atoms with Gasteiger partial charge in [-0.25, -0.2) is 9.59 Å². The van der Waals surface area contributed by atoms with Crippen molar-refractivity contribution in [1.82, 2.24) is 5.32 Å². The van der Waals surface area contributed by atoms with Crippen LogP contribution < -0.4 is 5.32 Å². The summed E-state index contributed by atoms with van der Waals surface area (Å²) in [6, 6.07) is 0. The monoisotopic (exact) mass is 227 g/mol. The van der Waals surface area contributed by atoms with E-state index in [1.54, 1.807) is 27.7 Å². The Hall–Kier alpha value is -1.70.